The standard InChI is InChI=1S/C14H14ClNO/c1-9-6-7-13(16)11(8-9)14(17)10-4-2-3-5-12(10)15/h2-8,14,17H,16H2,1H3. The number of benzene rings is 2. The van der Waals surface area contributed by atoms with Crippen LogP contribution in [0.4, 0.5) is 5.69 Å². The van der Waals surface area contributed by atoms with Crippen molar-refractivity contribution in [3.63, 3.8) is 0 Å². The summed E-state index contributed by atoms with van der Waals surface area (Å²) in [4.78, 5) is 0. The van der Waals surface area contributed by atoms with Gasteiger partial charge < -0.3 is 10.8 Å². The van der Waals surface area contributed by atoms with E-state index >= 15 is 0 Å². The largest absolute Gasteiger partial charge is 0.398 e. The number of nitrogen functional groups attached to an aromatic ring is 1. The molecule has 0 bridgehead atoms. The minimum Gasteiger partial charge on any atom is -0.398 e. The molecular weight excluding hydrogens is 234 g/mol. The Balaban J connectivity index is 2.47. The fourth-order valence-corrected chi connectivity index (χ4v) is 2.03. The van der Waals surface area contributed by atoms with Crippen molar-refractivity contribution >= 4 is 17.3 Å². The topological polar surface area (TPSA) is 46.2 Å². The molecule has 0 aliphatic heterocycles. The molecule has 2 rings (SSSR count). The third-order valence-electron chi connectivity index (χ3n) is 2.74. The number of nitrogens with two attached hydrogens (primary N) is 1. The molecule has 1 unspecified atom stereocenters. The smallest absolute Gasteiger partial charge is 0.107 e. The third-order valence-corrected chi connectivity index (χ3v) is 3.08. The maximum Gasteiger partial charge on any atom is 0.107 e. The SMILES string of the molecule is Cc1ccc(N)c(C(O)c2ccccc2Cl)c1. The maximum atomic E-state index is 10.3. The first-order chi connectivity index (χ1) is 8.09. The summed E-state index contributed by atoms with van der Waals surface area (Å²) in [5.74, 6) is 0. The van der Waals surface area contributed by atoms with Crippen LogP contribution in [0.2, 0.25) is 5.02 Å². The van der Waals surface area contributed by atoms with Crippen LogP contribution in [0.5, 0.6) is 0 Å². The van der Waals surface area contributed by atoms with Crippen LogP contribution in [0.1, 0.15) is 22.8 Å². The highest BCUT2D eigenvalue weighted by atomic mass is 35.5. The predicted octanol–water partition coefficient (Wildman–Crippen LogP) is 3.31. The number of hydrogen-bond acceptors (Lipinski definition) is 2. The summed E-state index contributed by atoms with van der Waals surface area (Å²) >= 11 is 6.06. The predicted molar refractivity (Wildman–Crippen MR) is 71.1 cm³/mol. The Bertz CT molecular complexity index is 539. The molecule has 88 valence electrons. The number of aliphatic hydroxyl groups is 1. The zero-order valence-electron chi connectivity index (χ0n) is 9.52. The van der Waals surface area contributed by atoms with Crippen LogP contribution in [-0.4, -0.2) is 5.11 Å². The molecule has 0 heterocycles. The summed E-state index contributed by atoms with van der Waals surface area (Å²) < 4.78 is 0. The Morgan fingerprint density at radius 3 is 2.53 bits per heavy atom. The molecule has 0 aromatic heterocycles. The summed E-state index contributed by atoms with van der Waals surface area (Å²) in [6.07, 6.45) is -0.788. The van der Waals surface area contributed by atoms with E-state index in [1.165, 1.54) is 0 Å². The van der Waals surface area contributed by atoms with Crippen LogP contribution in [-0.2, 0) is 0 Å². The Kier molecular flexibility index (Phi) is 3.36. The summed E-state index contributed by atoms with van der Waals surface area (Å²) in [6.45, 7) is 1.96. The Morgan fingerprint density at radius 2 is 1.82 bits per heavy atom. The van der Waals surface area contributed by atoms with Gasteiger partial charge in [0.1, 0.15) is 6.10 Å². The third kappa shape index (κ3) is 2.43. The second-order valence-corrected chi connectivity index (χ2v) is 4.46. The Hall–Kier alpha value is -1.51. The van der Waals surface area contributed by atoms with E-state index in [0.29, 0.717) is 21.8 Å². The number of aryl methyl sites for hydroxylation is 1. The van der Waals surface area contributed by atoms with Crippen molar-refractivity contribution in [2.24, 2.45) is 0 Å². The lowest BCUT2D eigenvalue weighted by atomic mass is 9.98. The van der Waals surface area contributed by atoms with E-state index in [0.717, 1.165) is 5.56 Å². The molecular formula is C14H14ClNO. The van der Waals surface area contributed by atoms with Crippen molar-refractivity contribution in [2.75, 3.05) is 5.73 Å². The van der Waals surface area contributed by atoms with Gasteiger partial charge in [0.25, 0.3) is 0 Å². The first-order valence-electron chi connectivity index (χ1n) is 5.38. The molecule has 0 fully saturated rings. The van der Waals surface area contributed by atoms with E-state index < -0.39 is 6.10 Å². The fourth-order valence-electron chi connectivity index (χ4n) is 1.80. The number of halogens is 1. The fraction of sp³-hybridized carbons (Fsp3) is 0.143. The van der Waals surface area contributed by atoms with Gasteiger partial charge in [-0.1, -0.05) is 47.5 Å². The van der Waals surface area contributed by atoms with Gasteiger partial charge in [-0.2, -0.15) is 0 Å². The molecule has 1 atom stereocenters. The molecule has 0 radical (unpaired) electrons. The lowest BCUT2D eigenvalue weighted by molar-refractivity contribution is 0.221. The van der Waals surface area contributed by atoms with E-state index in [1.54, 1.807) is 18.2 Å². The lowest BCUT2D eigenvalue weighted by Crippen LogP contribution is -2.04. The number of hydrogen-bond donors (Lipinski definition) is 2. The molecule has 2 aromatic rings. The normalized spacial score (nSPS) is 12.4. The van der Waals surface area contributed by atoms with Crippen molar-refractivity contribution in [1.29, 1.82) is 0 Å². The highest BCUT2D eigenvalue weighted by Gasteiger charge is 2.15. The zero-order chi connectivity index (χ0) is 12.4. The van der Waals surface area contributed by atoms with E-state index in [2.05, 4.69) is 0 Å². The molecule has 2 nitrogen and oxygen atoms in total. The van der Waals surface area contributed by atoms with Crippen LogP contribution in [0.3, 0.4) is 0 Å². The average molecular weight is 248 g/mol. The minimum absolute atomic E-state index is 0.543. The first kappa shape index (κ1) is 12.0. The van der Waals surface area contributed by atoms with Crippen molar-refractivity contribution in [1.82, 2.24) is 0 Å². The van der Waals surface area contributed by atoms with E-state index in [4.69, 9.17) is 17.3 Å². The molecule has 0 amide bonds. The number of anilines is 1. The van der Waals surface area contributed by atoms with Gasteiger partial charge in [0, 0.05) is 21.8 Å². The van der Waals surface area contributed by atoms with Gasteiger partial charge in [-0.05, 0) is 19.1 Å². The molecule has 0 saturated heterocycles. The second kappa shape index (κ2) is 4.78. The average Bonchev–Trinajstić information content (AvgIpc) is 2.32. The summed E-state index contributed by atoms with van der Waals surface area (Å²) in [5.41, 5.74) is 8.87. The summed E-state index contributed by atoms with van der Waals surface area (Å²) in [6, 6.07) is 12.8. The number of rotatable bonds is 2. The summed E-state index contributed by atoms with van der Waals surface area (Å²) in [7, 11) is 0. The van der Waals surface area contributed by atoms with E-state index in [1.807, 2.05) is 31.2 Å². The van der Waals surface area contributed by atoms with Crippen molar-refractivity contribution < 1.29 is 5.11 Å². The molecule has 3 N–H and O–H groups in total. The highest BCUT2D eigenvalue weighted by molar-refractivity contribution is 6.31. The molecule has 0 spiro atoms. The quantitative estimate of drug-likeness (QED) is 0.800. The molecule has 2 aromatic carbocycles. The van der Waals surface area contributed by atoms with Crippen LogP contribution in [0.15, 0.2) is 42.5 Å². The van der Waals surface area contributed by atoms with Gasteiger partial charge in [0.2, 0.25) is 0 Å². The molecule has 0 aliphatic rings. The first-order valence-corrected chi connectivity index (χ1v) is 5.76. The monoisotopic (exact) mass is 247 g/mol. The molecule has 17 heavy (non-hydrogen) atoms. The Morgan fingerprint density at radius 1 is 1.12 bits per heavy atom. The second-order valence-electron chi connectivity index (χ2n) is 4.06. The van der Waals surface area contributed by atoms with Crippen molar-refractivity contribution in [3.8, 4) is 0 Å². The van der Waals surface area contributed by atoms with Gasteiger partial charge in [-0.25, -0.2) is 0 Å². The highest BCUT2D eigenvalue weighted by Crippen LogP contribution is 2.31. The molecule has 0 aliphatic carbocycles. The van der Waals surface area contributed by atoms with E-state index in [-0.39, 0.29) is 0 Å². The zero-order valence-corrected chi connectivity index (χ0v) is 10.3. The van der Waals surface area contributed by atoms with Crippen LogP contribution in [0, 0.1) is 6.92 Å². The number of aliphatic hydroxyl groups excluding tert-OH is 1. The minimum atomic E-state index is -0.788. The van der Waals surface area contributed by atoms with Gasteiger partial charge in [-0.3, -0.25) is 0 Å². The van der Waals surface area contributed by atoms with Gasteiger partial charge in [0.05, 0.1) is 0 Å². The molecule has 0 saturated carbocycles. The maximum absolute atomic E-state index is 10.3. The lowest BCUT2D eigenvalue weighted by Gasteiger charge is -2.15. The van der Waals surface area contributed by atoms with Crippen LogP contribution in [0.25, 0.3) is 0 Å². The van der Waals surface area contributed by atoms with Gasteiger partial charge >= 0.3 is 0 Å². The van der Waals surface area contributed by atoms with Crippen molar-refractivity contribution in [2.45, 2.75) is 13.0 Å². The van der Waals surface area contributed by atoms with E-state index in [9.17, 15) is 5.11 Å². The van der Waals surface area contributed by atoms with Crippen LogP contribution >= 0.6 is 11.6 Å². The summed E-state index contributed by atoms with van der Waals surface area (Å²) in [5, 5.41) is 10.9. The van der Waals surface area contributed by atoms with Gasteiger partial charge in [0.15, 0.2) is 0 Å². The molecule has 3 heteroatoms. The van der Waals surface area contributed by atoms with Crippen molar-refractivity contribution in [3.05, 3.63) is 64.2 Å². The Labute approximate surface area is 106 Å². The van der Waals surface area contributed by atoms with Crippen LogP contribution < -0.4 is 5.73 Å². The van der Waals surface area contributed by atoms with Gasteiger partial charge in [-0.15, -0.1) is 0 Å².